The lowest BCUT2D eigenvalue weighted by molar-refractivity contribution is -0.247. The summed E-state index contributed by atoms with van der Waals surface area (Å²) < 4.78 is 19.2. The molecule has 0 amide bonds. The molecule has 5 atom stereocenters. The summed E-state index contributed by atoms with van der Waals surface area (Å²) in [6.45, 7) is -0.674. The maximum Gasteiger partial charge on any atom is 0.469 e. The van der Waals surface area contributed by atoms with Crippen molar-refractivity contribution < 1.29 is 38.9 Å². The van der Waals surface area contributed by atoms with Crippen LogP contribution in [0.1, 0.15) is 0 Å². The second-order valence-electron chi connectivity index (χ2n) is 3.41. The highest BCUT2D eigenvalue weighted by atomic mass is 31.2. The van der Waals surface area contributed by atoms with Crippen LogP contribution in [0.15, 0.2) is 0 Å². The first-order valence-corrected chi connectivity index (χ1v) is 5.91. The molecule has 10 heteroatoms. The lowest BCUT2D eigenvalue weighted by atomic mass is 9.98. The summed E-state index contributed by atoms with van der Waals surface area (Å²) >= 11 is 0. The van der Waals surface area contributed by atoms with Gasteiger partial charge in [0.2, 0.25) is 0 Å². The third-order valence-electron chi connectivity index (χ3n) is 2.18. The number of aliphatic hydroxyl groups excluding tert-OH is 3. The molecular formula is C6H14NO8P. The Morgan fingerprint density at radius 2 is 1.81 bits per heavy atom. The van der Waals surface area contributed by atoms with E-state index in [0.29, 0.717) is 0 Å². The van der Waals surface area contributed by atoms with Crippen LogP contribution < -0.4 is 5.73 Å². The lowest BCUT2D eigenvalue weighted by Gasteiger charge is -2.38. The van der Waals surface area contributed by atoms with Crippen LogP contribution in [0.3, 0.4) is 0 Å². The van der Waals surface area contributed by atoms with E-state index < -0.39 is 45.1 Å². The first-order valence-electron chi connectivity index (χ1n) is 4.37. The number of ether oxygens (including phenoxy) is 1. The number of rotatable bonds is 3. The number of hydrogen-bond donors (Lipinski definition) is 6. The molecule has 7 N–H and O–H groups in total. The van der Waals surface area contributed by atoms with Crippen molar-refractivity contribution in [2.75, 3.05) is 6.61 Å². The molecule has 0 radical (unpaired) electrons. The SMILES string of the molecule is NC1[C@H](O)OC(COP(=O)(O)O)[C@H](O)[C@@H]1O. The Balaban J connectivity index is 2.57. The normalized spacial score (nSPS) is 41.0. The molecule has 1 saturated heterocycles. The van der Waals surface area contributed by atoms with Crippen LogP contribution in [0.25, 0.3) is 0 Å². The molecule has 0 spiro atoms. The summed E-state index contributed by atoms with van der Waals surface area (Å²) in [6.07, 6.45) is -5.76. The predicted octanol–water partition coefficient (Wildman–Crippen LogP) is -3.14. The third kappa shape index (κ3) is 3.45. The van der Waals surface area contributed by atoms with Crippen LogP contribution in [-0.4, -0.2) is 62.4 Å². The number of phosphoric acid groups is 1. The molecule has 1 rings (SSSR count). The van der Waals surface area contributed by atoms with Gasteiger partial charge in [0.05, 0.1) is 12.6 Å². The molecule has 96 valence electrons. The Morgan fingerprint density at radius 1 is 1.25 bits per heavy atom. The smallest absolute Gasteiger partial charge is 0.388 e. The molecule has 1 aliphatic rings. The molecule has 1 aliphatic heterocycles. The van der Waals surface area contributed by atoms with Crippen molar-refractivity contribution in [2.24, 2.45) is 5.73 Å². The summed E-state index contributed by atoms with van der Waals surface area (Å²) in [6, 6.07) is -1.19. The van der Waals surface area contributed by atoms with Gasteiger partial charge in [0.25, 0.3) is 0 Å². The fourth-order valence-corrected chi connectivity index (χ4v) is 1.62. The van der Waals surface area contributed by atoms with E-state index >= 15 is 0 Å². The molecule has 2 unspecified atom stereocenters. The first kappa shape index (κ1) is 14.0. The van der Waals surface area contributed by atoms with E-state index in [9.17, 15) is 19.9 Å². The minimum absolute atomic E-state index is 0.674. The van der Waals surface area contributed by atoms with Crippen LogP contribution in [0.5, 0.6) is 0 Å². The van der Waals surface area contributed by atoms with Crippen LogP contribution in [0, 0.1) is 0 Å². The minimum atomic E-state index is -4.70. The summed E-state index contributed by atoms with van der Waals surface area (Å²) in [5.74, 6) is 0. The highest BCUT2D eigenvalue weighted by Crippen LogP contribution is 2.36. The zero-order valence-electron chi connectivity index (χ0n) is 8.08. The van der Waals surface area contributed by atoms with Gasteiger partial charge in [-0.3, -0.25) is 4.52 Å². The van der Waals surface area contributed by atoms with Gasteiger partial charge in [-0.15, -0.1) is 0 Å². The van der Waals surface area contributed by atoms with E-state index in [1.165, 1.54) is 0 Å². The molecule has 1 heterocycles. The second-order valence-corrected chi connectivity index (χ2v) is 4.65. The summed E-state index contributed by atoms with van der Waals surface area (Å²) in [4.78, 5) is 16.8. The van der Waals surface area contributed by atoms with Crippen LogP contribution >= 0.6 is 7.82 Å². The van der Waals surface area contributed by atoms with Crippen molar-refractivity contribution in [3.05, 3.63) is 0 Å². The quantitative estimate of drug-likeness (QED) is 0.287. The van der Waals surface area contributed by atoms with Gasteiger partial charge in [-0.2, -0.15) is 0 Å². The van der Waals surface area contributed by atoms with Gasteiger partial charge in [0.1, 0.15) is 18.3 Å². The van der Waals surface area contributed by atoms with E-state index in [2.05, 4.69) is 4.52 Å². The molecule has 0 aromatic carbocycles. The number of aliphatic hydroxyl groups is 3. The highest BCUT2D eigenvalue weighted by molar-refractivity contribution is 7.46. The minimum Gasteiger partial charge on any atom is -0.388 e. The van der Waals surface area contributed by atoms with Crippen molar-refractivity contribution in [1.82, 2.24) is 0 Å². The van der Waals surface area contributed by atoms with Gasteiger partial charge in [0.15, 0.2) is 6.29 Å². The zero-order chi connectivity index (χ0) is 12.5. The average Bonchev–Trinajstić information content (AvgIpc) is 2.17. The van der Waals surface area contributed by atoms with Gasteiger partial charge in [-0.05, 0) is 0 Å². The molecule has 0 aromatic rings. The maximum absolute atomic E-state index is 10.4. The van der Waals surface area contributed by atoms with E-state index in [1.54, 1.807) is 0 Å². The lowest BCUT2D eigenvalue weighted by Crippen LogP contribution is -2.61. The third-order valence-corrected chi connectivity index (χ3v) is 2.66. The summed E-state index contributed by atoms with van der Waals surface area (Å²) in [7, 11) is -4.70. The molecule has 0 bridgehead atoms. The summed E-state index contributed by atoms with van der Waals surface area (Å²) in [5, 5.41) is 28.0. The van der Waals surface area contributed by atoms with Gasteiger partial charge in [0, 0.05) is 0 Å². The fraction of sp³-hybridized carbons (Fsp3) is 1.00. The van der Waals surface area contributed by atoms with Crippen molar-refractivity contribution >= 4 is 7.82 Å². The van der Waals surface area contributed by atoms with E-state index in [0.717, 1.165) is 0 Å². The fourth-order valence-electron chi connectivity index (χ4n) is 1.28. The predicted molar refractivity (Wildman–Crippen MR) is 48.9 cm³/mol. The van der Waals surface area contributed by atoms with Gasteiger partial charge in [-0.1, -0.05) is 0 Å². The maximum atomic E-state index is 10.4. The van der Waals surface area contributed by atoms with E-state index in [1.807, 2.05) is 0 Å². The standard InChI is InChI=1S/C6H14NO8P/c7-3-5(9)4(8)2(15-6(3)10)1-14-16(11,12)13/h2-6,8-10H,1,7H2,(H2,11,12,13)/t2?,3?,4-,5+,6+/m0/s1. The topological polar surface area (TPSA) is 163 Å². The van der Waals surface area contributed by atoms with Gasteiger partial charge in [-0.25, -0.2) is 4.57 Å². The number of phosphoric ester groups is 1. The Morgan fingerprint density at radius 3 is 2.31 bits per heavy atom. The van der Waals surface area contributed by atoms with E-state index in [4.69, 9.17) is 20.3 Å². The largest absolute Gasteiger partial charge is 0.469 e. The monoisotopic (exact) mass is 259 g/mol. The van der Waals surface area contributed by atoms with Gasteiger partial charge < -0.3 is 35.6 Å². The molecule has 1 fully saturated rings. The van der Waals surface area contributed by atoms with E-state index in [-0.39, 0.29) is 0 Å². The Kier molecular flexibility index (Phi) is 4.41. The Labute approximate surface area is 90.6 Å². The molecule has 0 saturated carbocycles. The molecule has 0 aliphatic carbocycles. The Hall–Kier alpha value is -0.0900. The molecule has 0 aromatic heterocycles. The number of hydrogen-bond acceptors (Lipinski definition) is 7. The van der Waals surface area contributed by atoms with Crippen LogP contribution in [-0.2, 0) is 13.8 Å². The van der Waals surface area contributed by atoms with Gasteiger partial charge >= 0.3 is 7.82 Å². The highest BCUT2D eigenvalue weighted by Gasteiger charge is 2.42. The molecular weight excluding hydrogens is 245 g/mol. The van der Waals surface area contributed by atoms with Crippen molar-refractivity contribution in [3.8, 4) is 0 Å². The zero-order valence-corrected chi connectivity index (χ0v) is 8.97. The average molecular weight is 259 g/mol. The molecule has 16 heavy (non-hydrogen) atoms. The Bertz CT molecular complexity index is 282. The second kappa shape index (κ2) is 5.05. The van der Waals surface area contributed by atoms with Crippen LogP contribution in [0.2, 0.25) is 0 Å². The van der Waals surface area contributed by atoms with Crippen molar-refractivity contribution in [1.29, 1.82) is 0 Å². The van der Waals surface area contributed by atoms with Crippen molar-refractivity contribution in [3.63, 3.8) is 0 Å². The summed E-state index contributed by atoms with van der Waals surface area (Å²) in [5.41, 5.74) is 5.28. The first-order chi connectivity index (χ1) is 7.22. The molecule has 9 nitrogen and oxygen atoms in total. The van der Waals surface area contributed by atoms with Crippen molar-refractivity contribution in [2.45, 2.75) is 30.6 Å². The van der Waals surface area contributed by atoms with Crippen LogP contribution in [0.4, 0.5) is 0 Å². The number of nitrogens with two attached hydrogens (primary N) is 1.